The van der Waals surface area contributed by atoms with Crippen molar-refractivity contribution in [3.63, 3.8) is 0 Å². The second-order valence-electron chi connectivity index (χ2n) is 6.11. The van der Waals surface area contributed by atoms with E-state index >= 15 is 0 Å². The second kappa shape index (κ2) is 8.14. The third-order valence-electron chi connectivity index (χ3n) is 3.36. The summed E-state index contributed by atoms with van der Waals surface area (Å²) >= 11 is 0. The Balaban J connectivity index is 1.99. The highest BCUT2D eigenvalue weighted by molar-refractivity contribution is 5.98. The fraction of sp³-hybridized carbons (Fsp3) is 0.353. The summed E-state index contributed by atoms with van der Waals surface area (Å²) in [6.07, 6.45) is 2.08. The van der Waals surface area contributed by atoms with Gasteiger partial charge in [-0.3, -0.25) is 9.89 Å². The fourth-order valence-electron chi connectivity index (χ4n) is 2.30. The number of rotatable bonds is 6. The number of hydrogen-bond donors (Lipinski definition) is 4. The Hall–Kier alpha value is -2.83. The lowest BCUT2D eigenvalue weighted by Gasteiger charge is -2.20. The van der Waals surface area contributed by atoms with Gasteiger partial charge in [-0.2, -0.15) is 5.10 Å². The molecule has 2 aromatic rings. The molecule has 2 rings (SSSR count). The summed E-state index contributed by atoms with van der Waals surface area (Å²) in [5.74, 6) is 0.462. The van der Waals surface area contributed by atoms with Gasteiger partial charge in [0.1, 0.15) is 11.9 Å². The molecule has 24 heavy (non-hydrogen) atoms. The largest absolute Gasteiger partial charge is 0.326 e. The molecule has 0 aliphatic carbocycles. The molecule has 7 heteroatoms. The number of nitrogens with one attached hydrogen (secondary N) is 4. The molecule has 0 bridgehead atoms. The molecule has 0 aliphatic heterocycles. The van der Waals surface area contributed by atoms with Gasteiger partial charge in [0.05, 0.1) is 6.20 Å². The number of aryl methyl sites for hydroxylation is 1. The third-order valence-corrected chi connectivity index (χ3v) is 3.36. The van der Waals surface area contributed by atoms with Crippen molar-refractivity contribution in [3.8, 4) is 0 Å². The lowest BCUT2D eigenvalue weighted by molar-refractivity contribution is -0.118. The monoisotopic (exact) mass is 329 g/mol. The van der Waals surface area contributed by atoms with E-state index < -0.39 is 12.1 Å². The molecule has 0 aliphatic rings. The van der Waals surface area contributed by atoms with Crippen molar-refractivity contribution < 1.29 is 9.59 Å². The molecule has 7 nitrogen and oxygen atoms in total. The zero-order valence-corrected chi connectivity index (χ0v) is 14.1. The molecule has 4 N–H and O–H groups in total. The van der Waals surface area contributed by atoms with Crippen molar-refractivity contribution in [1.82, 2.24) is 15.5 Å². The van der Waals surface area contributed by atoms with Crippen LogP contribution >= 0.6 is 0 Å². The highest BCUT2D eigenvalue weighted by Crippen LogP contribution is 2.11. The first-order chi connectivity index (χ1) is 11.4. The normalized spacial score (nSPS) is 11.8. The number of nitrogens with zero attached hydrogens (tertiary/aromatic N) is 1. The Kier molecular flexibility index (Phi) is 5.95. The van der Waals surface area contributed by atoms with Crippen LogP contribution in [-0.4, -0.2) is 28.2 Å². The summed E-state index contributed by atoms with van der Waals surface area (Å²) in [6.45, 7) is 5.94. The summed E-state index contributed by atoms with van der Waals surface area (Å²) in [6, 6.07) is 8.07. The van der Waals surface area contributed by atoms with Crippen molar-refractivity contribution in [1.29, 1.82) is 0 Å². The second-order valence-corrected chi connectivity index (χ2v) is 6.11. The smallest absolute Gasteiger partial charge is 0.319 e. The van der Waals surface area contributed by atoms with Gasteiger partial charge in [-0.25, -0.2) is 4.79 Å². The molecule has 0 fully saturated rings. The Morgan fingerprint density at radius 2 is 2.00 bits per heavy atom. The molecule has 0 unspecified atom stereocenters. The molecule has 0 saturated carbocycles. The van der Waals surface area contributed by atoms with Crippen LogP contribution in [0.15, 0.2) is 36.5 Å². The summed E-state index contributed by atoms with van der Waals surface area (Å²) in [4.78, 5) is 24.6. The van der Waals surface area contributed by atoms with E-state index in [2.05, 4.69) is 26.1 Å². The molecule has 128 valence electrons. The van der Waals surface area contributed by atoms with E-state index in [-0.39, 0.29) is 11.8 Å². The zero-order valence-electron chi connectivity index (χ0n) is 14.1. The van der Waals surface area contributed by atoms with Gasteiger partial charge in [-0.05, 0) is 37.0 Å². The van der Waals surface area contributed by atoms with Crippen molar-refractivity contribution in [3.05, 3.63) is 42.1 Å². The van der Waals surface area contributed by atoms with Gasteiger partial charge >= 0.3 is 6.03 Å². The van der Waals surface area contributed by atoms with Crippen LogP contribution < -0.4 is 16.0 Å². The maximum atomic E-state index is 12.4. The van der Waals surface area contributed by atoms with Gasteiger partial charge in [-0.1, -0.05) is 26.0 Å². The van der Waals surface area contributed by atoms with Gasteiger partial charge in [0, 0.05) is 11.8 Å². The number of carbonyl (C=O) groups excluding carboxylic acids is 2. The van der Waals surface area contributed by atoms with Crippen LogP contribution in [0.1, 0.15) is 25.8 Å². The number of carbonyl (C=O) groups is 2. The highest BCUT2D eigenvalue weighted by Gasteiger charge is 2.22. The number of urea groups is 1. The van der Waals surface area contributed by atoms with E-state index in [4.69, 9.17) is 0 Å². The number of amides is 3. The molecule has 0 saturated heterocycles. The number of aromatic amines is 1. The minimum Gasteiger partial charge on any atom is -0.326 e. The molecule has 3 amide bonds. The van der Waals surface area contributed by atoms with Gasteiger partial charge in [0.25, 0.3) is 0 Å². The zero-order chi connectivity index (χ0) is 17.5. The Morgan fingerprint density at radius 1 is 1.21 bits per heavy atom. The minimum absolute atomic E-state index is 0.252. The van der Waals surface area contributed by atoms with Crippen molar-refractivity contribution in [2.75, 3.05) is 10.6 Å². The van der Waals surface area contributed by atoms with Crippen LogP contribution in [0.4, 0.5) is 16.3 Å². The Morgan fingerprint density at radius 3 is 2.62 bits per heavy atom. The maximum Gasteiger partial charge on any atom is 0.319 e. The first-order valence-corrected chi connectivity index (χ1v) is 7.88. The maximum absolute atomic E-state index is 12.4. The number of benzene rings is 1. The standard InChI is InChI=1S/C17H23N5O2/c1-11(2)9-14(16(23)21-15-7-8-18-22-15)20-17(24)19-13-6-4-5-12(3)10-13/h4-8,10-11,14H,9H2,1-3H3,(H2,19,20,24)(H2,18,21,22,23)/t14-/m1/s1. The molecular weight excluding hydrogens is 306 g/mol. The minimum atomic E-state index is -0.641. The SMILES string of the molecule is Cc1cccc(NC(=O)N[C@H](CC(C)C)C(=O)Nc2ccn[nH]2)c1. The third kappa shape index (κ3) is 5.42. The van der Waals surface area contributed by atoms with Crippen molar-refractivity contribution in [2.24, 2.45) is 5.92 Å². The van der Waals surface area contributed by atoms with E-state index in [0.29, 0.717) is 17.9 Å². The Bertz CT molecular complexity index is 682. The number of aromatic nitrogens is 2. The summed E-state index contributed by atoms with van der Waals surface area (Å²) in [5.41, 5.74) is 1.73. The summed E-state index contributed by atoms with van der Waals surface area (Å²) in [7, 11) is 0. The van der Waals surface area contributed by atoms with Gasteiger partial charge in [0.2, 0.25) is 5.91 Å². The van der Waals surface area contributed by atoms with E-state index in [1.165, 1.54) is 0 Å². The van der Waals surface area contributed by atoms with E-state index in [1.54, 1.807) is 18.3 Å². The summed E-state index contributed by atoms with van der Waals surface area (Å²) < 4.78 is 0. The molecule has 1 heterocycles. The average Bonchev–Trinajstić information content (AvgIpc) is 2.99. The Labute approximate surface area is 141 Å². The molecular formula is C17H23N5O2. The fourth-order valence-corrected chi connectivity index (χ4v) is 2.30. The van der Waals surface area contributed by atoms with Crippen molar-refractivity contribution in [2.45, 2.75) is 33.2 Å². The van der Waals surface area contributed by atoms with Crippen LogP contribution in [0.2, 0.25) is 0 Å². The predicted molar refractivity (Wildman–Crippen MR) is 93.8 cm³/mol. The van der Waals surface area contributed by atoms with E-state index in [1.807, 2.05) is 39.0 Å². The van der Waals surface area contributed by atoms with Crippen molar-refractivity contribution >= 4 is 23.4 Å². The lowest BCUT2D eigenvalue weighted by atomic mass is 10.0. The van der Waals surface area contributed by atoms with E-state index in [0.717, 1.165) is 5.56 Å². The van der Waals surface area contributed by atoms with Crippen LogP contribution in [0.3, 0.4) is 0 Å². The van der Waals surface area contributed by atoms with Crippen LogP contribution in [0.5, 0.6) is 0 Å². The molecule has 0 radical (unpaired) electrons. The van der Waals surface area contributed by atoms with Crippen LogP contribution in [0, 0.1) is 12.8 Å². The average molecular weight is 329 g/mol. The first-order valence-electron chi connectivity index (χ1n) is 7.88. The van der Waals surface area contributed by atoms with Gasteiger partial charge < -0.3 is 16.0 Å². The first kappa shape index (κ1) is 17.5. The van der Waals surface area contributed by atoms with Gasteiger partial charge in [0.15, 0.2) is 0 Å². The molecule has 1 aromatic heterocycles. The summed E-state index contributed by atoms with van der Waals surface area (Å²) in [5, 5.41) is 14.6. The van der Waals surface area contributed by atoms with Gasteiger partial charge in [-0.15, -0.1) is 0 Å². The molecule has 1 atom stereocenters. The number of hydrogen-bond acceptors (Lipinski definition) is 3. The lowest BCUT2D eigenvalue weighted by Crippen LogP contribution is -2.46. The molecule has 0 spiro atoms. The highest BCUT2D eigenvalue weighted by atomic mass is 16.2. The quantitative estimate of drug-likeness (QED) is 0.656. The van der Waals surface area contributed by atoms with E-state index in [9.17, 15) is 9.59 Å². The number of H-pyrrole nitrogens is 1. The topological polar surface area (TPSA) is 98.9 Å². The van der Waals surface area contributed by atoms with Crippen LogP contribution in [-0.2, 0) is 4.79 Å². The molecule has 1 aromatic carbocycles. The van der Waals surface area contributed by atoms with Crippen LogP contribution in [0.25, 0.3) is 0 Å². The predicted octanol–water partition coefficient (Wildman–Crippen LogP) is 2.89. The number of anilines is 2.